The van der Waals surface area contributed by atoms with E-state index in [-0.39, 0.29) is 0 Å². The number of carbonyl (C=O) groups is 1. The number of ether oxygens (including phenoxy) is 1. The molecule has 1 saturated heterocycles. The van der Waals surface area contributed by atoms with Gasteiger partial charge in [-0.3, -0.25) is 4.79 Å². The van der Waals surface area contributed by atoms with Gasteiger partial charge in [0.2, 0.25) is 0 Å². The van der Waals surface area contributed by atoms with E-state index in [9.17, 15) is 4.79 Å². The number of aromatic amines is 1. The van der Waals surface area contributed by atoms with Crippen molar-refractivity contribution in [3.05, 3.63) is 17.7 Å². The molecular weight excluding hydrogens is 180 g/mol. The Bertz CT molecular complexity index is 303. The van der Waals surface area contributed by atoms with Crippen molar-refractivity contribution in [3.63, 3.8) is 0 Å². The average molecular weight is 194 g/mol. The van der Waals surface area contributed by atoms with Gasteiger partial charge in [0.1, 0.15) is 5.82 Å². The van der Waals surface area contributed by atoms with Crippen LogP contribution in [-0.4, -0.2) is 29.5 Å². The fourth-order valence-corrected chi connectivity index (χ4v) is 1.77. The lowest BCUT2D eigenvalue weighted by atomic mass is 9.96. The molecule has 2 rings (SSSR count). The number of aromatic nitrogens is 2. The molecule has 76 valence electrons. The normalized spacial score (nSPS) is 18.3. The molecule has 0 radical (unpaired) electrons. The first kappa shape index (κ1) is 9.40. The Morgan fingerprint density at radius 1 is 1.57 bits per heavy atom. The van der Waals surface area contributed by atoms with Crippen molar-refractivity contribution in [1.82, 2.24) is 9.97 Å². The lowest BCUT2D eigenvalue weighted by molar-refractivity contribution is 0.0660. The lowest BCUT2D eigenvalue weighted by Crippen LogP contribution is -2.18. The molecule has 4 heteroatoms. The molecule has 1 aromatic heterocycles. The number of aldehydes is 1. The quantitative estimate of drug-likeness (QED) is 0.735. The third kappa shape index (κ3) is 2.20. The van der Waals surface area contributed by atoms with E-state index >= 15 is 0 Å². The zero-order valence-corrected chi connectivity index (χ0v) is 8.03. The van der Waals surface area contributed by atoms with E-state index in [1.54, 1.807) is 6.20 Å². The van der Waals surface area contributed by atoms with E-state index in [4.69, 9.17) is 4.74 Å². The van der Waals surface area contributed by atoms with E-state index in [0.717, 1.165) is 44.6 Å². The fraction of sp³-hybridized carbons (Fsp3) is 0.600. The van der Waals surface area contributed by atoms with Crippen molar-refractivity contribution >= 4 is 6.29 Å². The molecule has 1 fully saturated rings. The van der Waals surface area contributed by atoms with Gasteiger partial charge in [-0.25, -0.2) is 4.98 Å². The second kappa shape index (κ2) is 4.37. The number of imidazole rings is 1. The Morgan fingerprint density at radius 2 is 2.36 bits per heavy atom. The summed E-state index contributed by atoms with van der Waals surface area (Å²) in [5.41, 5.74) is 0.562. The Balaban J connectivity index is 1.92. The first-order valence-corrected chi connectivity index (χ1v) is 4.95. The first-order chi connectivity index (χ1) is 6.88. The van der Waals surface area contributed by atoms with Crippen molar-refractivity contribution in [2.75, 3.05) is 13.2 Å². The molecule has 4 nitrogen and oxygen atoms in total. The molecule has 0 aromatic carbocycles. The van der Waals surface area contributed by atoms with Crippen LogP contribution in [-0.2, 0) is 11.2 Å². The number of hydrogen-bond acceptors (Lipinski definition) is 3. The van der Waals surface area contributed by atoms with Crippen molar-refractivity contribution in [2.24, 2.45) is 5.92 Å². The fourth-order valence-electron chi connectivity index (χ4n) is 1.77. The number of hydrogen-bond donors (Lipinski definition) is 1. The molecule has 1 N–H and O–H groups in total. The molecule has 0 bridgehead atoms. The predicted molar refractivity (Wildman–Crippen MR) is 51.2 cm³/mol. The zero-order valence-electron chi connectivity index (χ0n) is 8.03. The van der Waals surface area contributed by atoms with Gasteiger partial charge in [0.15, 0.2) is 6.29 Å². The Kier molecular flexibility index (Phi) is 2.93. The maximum Gasteiger partial charge on any atom is 0.167 e. The summed E-state index contributed by atoms with van der Waals surface area (Å²) in [7, 11) is 0. The van der Waals surface area contributed by atoms with Gasteiger partial charge in [0.25, 0.3) is 0 Å². The highest BCUT2D eigenvalue weighted by molar-refractivity contribution is 5.71. The standard InChI is InChI=1S/C10H14N2O2/c13-7-9-6-11-10(12-9)5-8-1-3-14-4-2-8/h6-8H,1-5H2,(H,11,12). The highest BCUT2D eigenvalue weighted by Gasteiger charge is 2.15. The smallest absolute Gasteiger partial charge is 0.167 e. The Hall–Kier alpha value is -1.16. The maximum atomic E-state index is 10.4. The molecule has 1 aliphatic heterocycles. The maximum absolute atomic E-state index is 10.4. The molecule has 1 aliphatic rings. The van der Waals surface area contributed by atoms with Crippen LogP contribution in [0.5, 0.6) is 0 Å². The minimum atomic E-state index is 0.562. The molecule has 0 atom stereocenters. The van der Waals surface area contributed by atoms with Gasteiger partial charge in [-0.15, -0.1) is 0 Å². The van der Waals surface area contributed by atoms with Crippen LogP contribution in [0, 0.1) is 5.92 Å². The van der Waals surface area contributed by atoms with Crippen molar-refractivity contribution in [3.8, 4) is 0 Å². The van der Waals surface area contributed by atoms with E-state index in [1.807, 2.05) is 0 Å². The van der Waals surface area contributed by atoms with Crippen molar-refractivity contribution < 1.29 is 9.53 Å². The summed E-state index contributed by atoms with van der Waals surface area (Å²) in [6.07, 6.45) is 5.49. The molecule has 14 heavy (non-hydrogen) atoms. The molecular formula is C10H14N2O2. The SMILES string of the molecule is O=Cc1cnc(CC2CCOCC2)[nH]1. The summed E-state index contributed by atoms with van der Waals surface area (Å²) in [4.78, 5) is 17.6. The van der Waals surface area contributed by atoms with Crippen LogP contribution in [0.1, 0.15) is 29.2 Å². The monoisotopic (exact) mass is 194 g/mol. The van der Waals surface area contributed by atoms with Gasteiger partial charge in [-0.05, 0) is 18.8 Å². The molecule has 2 heterocycles. The summed E-state index contributed by atoms with van der Waals surface area (Å²) in [6, 6.07) is 0. The van der Waals surface area contributed by atoms with Crippen LogP contribution in [0.3, 0.4) is 0 Å². The van der Waals surface area contributed by atoms with Crippen molar-refractivity contribution in [1.29, 1.82) is 0 Å². The summed E-state index contributed by atoms with van der Waals surface area (Å²) in [6.45, 7) is 1.71. The molecule has 1 aromatic rings. The van der Waals surface area contributed by atoms with Gasteiger partial charge in [-0.2, -0.15) is 0 Å². The molecule has 0 amide bonds. The van der Waals surface area contributed by atoms with Crippen LogP contribution in [0.25, 0.3) is 0 Å². The minimum Gasteiger partial charge on any atom is -0.381 e. The highest BCUT2D eigenvalue weighted by Crippen LogP contribution is 2.18. The van der Waals surface area contributed by atoms with Crippen LogP contribution < -0.4 is 0 Å². The molecule has 0 unspecified atom stereocenters. The number of nitrogens with zero attached hydrogens (tertiary/aromatic N) is 1. The topological polar surface area (TPSA) is 55.0 Å². The second-order valence-electron chi connectivity index (χ2n) is 3.66. The molecule has 0 aliphatic carbocycles. The summed E-state index contributed by atoms with van der Waals surface area (Å²) < 4.78 is 5.28. The highest BCUT2D eigenvalue weighted by atomic mass is 16.5. The van der Waals surface area contributed by atoms with Crippen molar-refractivity contribution in [2.45, 2.75) is 19.3 Å². The Labute approximate surface area is 82.7 Å². The molecule has 0 saturated carbocycles. The van der Waals surface area contributed by atoms with Crippen LogP contribution in [0.4, 0.5) is 0 Å². The number of rotatable bonds is 3. The number of carbonyl (C=O) groups excluding carboxylic acids is 1. The Morgan fingerprint density at radius 3 is 3.00 bits per heavy atom. The summed E-state index contributed by atoms with van der Waals surface area (Å²) >= 11 is 0. The van der Waals surface area contributed by atoms with Crippen LogP contribution >= 0.6 is 0 Å². The van der Waals surface area contributed by atoms with Gasteiger partial charge < -0.3 is 9.72 Å². The molecule has 0 spiro atoms. The van der Waals surface area contributed by atoms with Gasteiger partial charge in [0, 0.05) is 19.6 Å². The summed E-state index contributed by atoms with van der Waals surface area (Å²) in [5.74, 6) is 1.56. The van der Waals surface area contributed by atoms with Gasteiger partial charge in [0.05, 0.1) is 11.9 Å². The third-order valence-corrected chi connectivity index (χ3v) is 2.60. The van der Waals surface area contributed by atoms with E-state index in [1.165, 1.54) is 0 Å². The minimum absolute atomic E-state index is 0.562. The second-order valence-corrected chi connectivity index (χ2v) is 3.66. The predicted octanol–water partition coefficient (Wildman–Crippen LogP) is 1.19. The lowest BCUT2D eigenvalue weighted by Gasteiger charge is -2.20. The number of nitrogens with one attached hydrogen (secondary N) is 1. The average Bonchev–Trinajstić information content (AvgIpc) is 2.67. The van der Waals surface area contributed by atoms with Crippen LogP contribution in [0.2, 0.25) is 0 Å². The van der Waals surface area contributed by atoms with Gasteiger partial charge in [-0.1, -0.05) is 0 Å². The largest absolute Gasteiger partial charge is 0.381 e. The van der Waals surface area contributed by atoms with E-state index < -0.39 is 0 Å². The first-order valence-electron chi connectivity index (χ1n) is 4.95. The van der Waals surface area contributed by atoms with Crippen LogP contribution in [0.15, 0.2) is 6.20 Å². The van der Waals surface area contributed by atoms with E-state index in [2.05, 4.69) is 9.97 Å². The van der Waals surface area contributed by atoms with Gasteiger partial charge >= 0.3 is 0 Å². The number of H-pyrrole nitrogens is 1. The zero-order chi connectivity index (χ0) is 9.80. The summed E-state index contributed by atoms with van der Waals surface area (Å²) in [5, 5.41) is 0. The third-order valence-electron chi connectivity index (χ3n) is 2.60. The van der Waals surface area contributed by atoms with E-state index in [0.29, 0.717) is 11.6 Å².